The second-order valence-corrected chi connectivity index (χ2v) is 7.23. The Labute approximate surface area is 142 Å². The Hall–Kier alpha value is -2.77. The molecular formula is C17H15N3O5. The Bertz CT molecular complexity index is 848. The predicted octanol–water partition coefficient (Wildman–Crippen LogP) is 1.19. The van der Waals surface area contributed by atoms with Gasteiger partial charge in [-0.3, -0.25) is 24.6 Å². The molecule has 0 N–H and O–H groups in total. The lowest BCUT2D eigenvalue weighted by molar-refractivity contribution is -0.384. The molecule has 4 aliphatic rings. The molecule has 6 unspecified atom stereocenters. The van der Waals surface area contributed by atoms with Gasteiger partial charge in [-0.2, -0.15) is 0 Å². The number of carbonyl (C=O) groups is 2. The SMILES string of the molecule is CN1C(=O)C2C3CC(C4C(c5ccc([N+](=O)[O-])cc5)=NOC34)C2C1=O. The highest BCUT2D eigenvalue weighted by molar-refractivity contribution is 6.08. The van der Waals surface area contributed by atoms with Crippen LogP contribution in [0.3, 0.4) is 0 Å². The van der Waals surface area contributed by atoms with E-state index < -0.39 is 4.92 Å². The number of hydrogen-bond donors (Lipinski definition) is 0. The minimum atomic E-state index is -0.444. The number of likely N-dealkylation sites (tertiary alicyclic amines) is 1. The summed E-state index contributed by atoms with van der Waals surface area (Å²) in [5.74, 6) is -0.748. The van der Waals surface area contributed by atoms with Crippen molar-refractivity contribution in [3.63, 3.8) is 0 Å². The zero-order valence-corrected chi connectivity index (χ0v) is 13.4. The molecule has 128 valence electrons. The first-order valence-corrected chi connectivity index (χ1v) is 8.29. The topological polar surface area (TPSA) is 102 Å². The average molecular weight is 341 g/mol. The van der Waals surface area contributed by atoms with Crippen LogP contribution in [0.1, 0.15) is 12.0 Å². The van der Waals surface area contributed by atoms with Crippen LogP contribution in [0.4, 0.5) is 5.69 Å². The Morgan fingerprint density at radius 2 is 1.76 bits per heavy atom. The van der Waals surface area contributed by atoms with Crippen LogP contribution >= 0.6 is 0 Å². The van der Waals surface area contributed by atoms with Crippen LogP contribution in [0.25, 0.3) is 0 Å². The molecule has 2 aliphatic heterocycles. The number of imide groups is 1. The summed E-state index contributed by atoms with van der Waals surface area (Å²) in [4.78, 5) is 42.1. The first kappa shape index (κ1) is 14.6. The minimum absolute atomic E-state index is 0.0145. The van der Waals surface area contributed by atoms with Crippen LogP contribution in [0.15, 0.2) is 29.4 Å². The number of amides is 2. The molecule has 2 saturated carbocycles. The van der Waals surface area contributed by atoms with Crippen molar-refractivity contribution in [3.05, 3.63) is 39.9 Å². The largest absolute Gasteiger partial charge is 0.391 e. The molecule has 6 atom stereocenters. The smallest absolute Gasteiger partial charge is 0.269 e. The third-order valence-corrected chi connectivity index (χ3v) is 6.28. The van der Waals surface area contributed by atoms with Gasteiger partial charge < -0.3 is 4.84 Å². The molecule has 3 fully saturated rings. The normalized spacial score (nSPS) is 37.8. The van der Waals surface area contributed by atoms with Gasteiger partial charge in [0.2, 0.25) is 11.8 Å². The first-order valence-electron chi connectivity index (χ1n) is 8.29. The quantitative estimate of drug-likeness (QED) is 0.457. The average Bonchev–Trinajstić information content (AvgIpc) is 3.33. The van der Waals surface area contributed by atoms with Gasteiger partial charge in [0.15, 0.2) is 0 Å². The lowest BCUT2D eigenvalue weighted by Crippen LogP contribution is -2.41. The van der Waals surface area contributed by atoms with Crippen molar-refractivity contribution in [3.8, 4) is 0 Å². The molecule has 2 aliphatic carbocycles. The molecule has 2 heterocycles. The Morgan fingerprint density at radius 3 is 2.40 bits per heavy atom. The molecule has 1 aromatic rings. The molecule has 2 bridgehead atoms. The van der Waals surface area contributed by atoms with E-state index in [1.165, 1.54) is 17.0 Å². The number of carbonyl (C=O) groups excluding carboxylic acids is 2. The maximum absolute atomic E-state index is 12.5. The van der Waals surface area contributed by atoms with E-state index >= 15 is 0 Å². The van der Waals surface area contributed by atoms with Crippen LogP contribution in [0.2, 0.25) is 0 Å². The molecule has 8 nitrogen and oxygen atoms in total. The second-order valence-electron chi connectivity index (χ2n) is 7.23. The van der Waals surface area contributed by atoms with Crippen LogP contribution in [-0.2, 0) is 14.4 Å². The number of benzene rings is 1. The maximum Gasteiger partial charge on any atom is 0.269 e. The summed E-state index contributed by atoms with van der Waals surface area (Å²) in [6, 6.07) is 6.22. The second kappa shape index (κ2) is 4.65. The van der Waals surface area contributed by atoms with E-state index in [2.05, 4.69) is 5.16 Å². The van der Waals surface area contributed by atoms with Gasteiger partial charge in [-0.15, -0.1) is 0 Å². The van der Waals surface area contributed by atoms with Crippen LogP contribution in [-0.4, -0.2) is 40.5 Å². The minimum Gasteiger partial charge on any atom is -0.391 e. The van der Waals surface area contributed by atoms with Gasteiger partial charge >= 0.3 is 0 Å². The summed E-state index contributed by atoms with van der Waals surface area (Å²) >= 11 is 0. The highest BCUT2D eigenvalue weighted by Gasteiger charge is 2.69. The molecule has 0 aromatic heterocycles. The van der Waals surface area contributed by atoms with E-state index in [0.29, 0.717) is 0 Å². The van der Waals surface area contributed by atoms with Gasteiger partial charge in [0.25, 0.3) is 5.69 Å². The molecular weight excluding hydrogens is 326 g/mol. The van der Waals surface area contributed by atoms with E-state index in [1.807, 2.05) is 0 Å². The summed E-state index contributed by atoms with van der Waals surface area (Å²) in [7, 11) is 1.55. The molecule has 1 saturated heterocycles. The molecule has 25 heavy (non-hydrogen) atoms. The number of nitro benzene ring substituents is 1. The van der Waals surface area contributed by atoms with E-state index in [-0.39, 0.29) is 53.2 Å². The monoisotopic (exact) mass is 341 g/mol. The zero-order chi connectivity index (χ0) is 17.5. The number of non-ortho nitro benzene ring substituents is 1. The van der Waals surface area contributed by atoms with E-state index in [9.17, 15) is 19.7 Å². The number of rotatable bonds is 2. The lowest BCUT2D eigenvalue weighted by atomic mass is 9.71. The first-order chi connectivity index (χ1) is 12.0. The van der Waals surface area contributed by atoms with Gasteiger partial charge in [0.1, 0.15) is 6.10 Å². The summed E-state index contributed by atoms with van der Waals surface area (Å²) < 4.78 is 0. The Kier molecular flexibility index (Phi) is 2.71. The van der Waals surface area contributed by atoms with Crippen LogP contribution in [0.5, 0.6) is 0 Å². The number of oxime groups is 1. The molecule has 0 spiro atoms. The van der Waals surface area contributed by atoms with Gasteiger partial charge in [0.05, 0.1) is 22.5 Å². The van der Waals surface area contributed by atoms with Crippen molar-refractivity contribution < 1.29 is 19.3 Å². The fraction of sp³-hybridized carbons (Fsp3) is 0.471. The number of nitrogens with zero attached hydrogens (tertiary/aromatic N) is 3. The standard InChI is InChI=1S/C17H15N3O5/c1-19-16(21)11-9-6-10(12(11)17(19)22)15-13(9)14(18-25-15)7-2-4-8(5-3-7)20(23)24/h2-5,9-13,15H,6H2,1H3. The summed E-state index contributed by atoms with van der Waals surface area (Å²) in [5, 5.41) is 15.0. The predicted molar refractivity (Wildman–Crippen MR) is 84.4 cm³/mol. The van der Waals surface area contributed by atoms with Crippen molar-refractivity contribution in [2.45, 2.75) is 12.5 Å². The lowest BCUT2D eigenvalue weighted by Gasteiger charge is -2.29. The van der Waals surface area contributed by atoms with Crippen molar-refractivity contribution in [1.82, 2.24) is 4.90 Å². The third kappa shape index (κ3) is 1.69. The molecule has 8 heteroatoms. The molecule has 1 aromatic carbocycles. The number of fused-ring (bicyclic) bond motifs is 8. The van der Waals surface area contributed by atoms with Crippen molar-refractivity contribution in [1.29, 1.82) is 0 Å². The van der Waals surface area contributed by atoms with Gasteiger partial charge in [-0.05, 0) is 24.5 Å². The zero-order valence-electron chi connectivity index (χ0n) is 13.4. The summed E-state index contributed by atoms with van der Waals surface area (Å²) in [5.41, 5.74) is 1.53. The fourth-order valence-electron chi connectivity index (χ4n) is 5.27. The maximum atomic E-state index is 12.5. The molecule has 2 amide bonds. The van der Waals surface area contributed by atoms with E-state index in [0.717, 1.165) is 17.7 Å². The van der Waals surface area contributed by atoms with Crippen LogP contribution < -0.4 is 0 Å². The highest BCUT2D eigenvalue weighted by Crippen LogP contribution is 2.61. The highest BCUT2D eigenvalue weighted by atomic mass is 16.6. The van der Waals surface area contributed by atoms with Crippen molar-refractivity contribution in [2.24, 2.45) is 34.7 Å². The summed E-state index contributed by atoms with van der Waals surface area (Å²) in [6.07, 6.45) is 0.613. The third-order valence-electron chi connectivity index (χ3n) is 6.28. The number of hydrogen-bond acceptors (Lipinski definition) is 6. The van der Waals surface area contributed by atoms with Crippen molar-refractivity contribution >= 4 is 23.2 Å². The van der Waals surface area contributed by atoms with Gasteiger partial charge in [-0.1, -0.05) is 5.16 Å². The fourth-order valence-corrected chi connectivity index (χ4v) is 5.27. The summed E-state index contributed by atoms with van der Waals surface area (Å²) in [6.45, 7) is 0. The van der Waals surface area contributed by atoms with Crippen molar-refractivity contribution in [2.75, 3.05) is 7.05 Å². The molecule has 0 radical (unpaired) electrons. The van der Waals surface area contributed by atoms with E-state index in [4.69, 9.17) is 4.84 Å². The van der Waals surface area contributed by atoms with E-state index in [1.54, 1.807) is 19.2 Å². The Morgan fingerprint density at radius 1 is 1.12 bits per heavy atom. The van der Waals surface area contributed by atoms with Gasteiger partial charge in [-0.25, -0.2) is 0 Å². The number of nitro groups is 1. The van der Waals surface area contributed by atoms with Crippen LogP contribution in [0, 0.1) is 39.7 Å². The molecule has 5 rings (SSSR count). The van der Waals surface area contributed by atoms with Gasteiger partial charge in [0, 0.05) is 36.6 Å². The Balaban J connectivity index is 1.49.